The number of hydrogen-bond acceptors (Lipinski definition) is 6. The first-order chi connectivity index (χ1) is 11.5. The van der Waals surface area contributed by atoms with Gasteiger partial charge < -0.3 is 15.2 Å². The molecule has 2 N–H and O–H groups in total. The molecule has 0 saturated carbocycles. The summed E-state index contributed by atoms with van der Waals surface area (Å²) in [5.74, 6) is 0.686. The van der Waals surface area contributed by atoms with Gasteiger partial charge in [-0.3, -0.25) is 9.69 Å². The van der Waals surface area contributed by atoms with Crippen molar-refractivity contribution in [3.63, 3.8) is 0 Å². The number of rotatable bonds is 4. The lowest BCUT2D eigenvalue weighted by Gasteiger charge is -2.30. The number of halogens is 2. The van der Waals surface area contributed by atoms with E-state index in [4.69, 9.17) is 27.7 Å². The summed E-state index contributed by atoms with van der Waals surface area (Å²) in [7, 11) is 2.02. The number of likely N-dealkylation sites (N-methyl/N-ethyl adjacent to an activating group) is 1. The summed E-state index contributed by atoms with van der Waals surface area (Å²) < 4.78 is 5.22. The number of carbonyl (C=O) groups is 1. The maximum Gasteiger partial charge on any atom is 0.251 e. The fourth-order valence-corrected chi connectivity index (χ4v) is 2.76. The lowest BCUT2D eigenvalue weighted by molar-refractivity contribution is 0.0946. The normalized spacial score (nSPS) is 18.5. The van der Waals surface area contributed by atoms with Gasteiger partial charge in [0.05, 0.1) is 22.6 Å². The van der Waals surface area contributed by atoms with E-state index in [-0.39, 0.29) is 18.5 Å². The van der Waals surface area contributed by atoms with Crippen LogP contribution in [0.3, 0.4) is 0 Å². The van der Waals surface area contributed by atoms with Gasteiger partial charge in [0, 0.05) is 25.2 Å². The Morgan fingerprint density at radius 1 is 1.46 bits per heavy atom. The molecule has 2 heterocycles. The monoisotopic (exact) mass is 369 g/mol. The molecule has 1 amide bonds. The minimum Gasteiger partial charge on any atom is -0.343 e. The van der Waals surface area contributed by atoms with E-state index in [1.54, 1.807) is 12.1 Å². The highest BCUT2D eigenvalue weighted by atomic mass is 35.5. The molecule has 0 aliphatic carbocycles. The van der Waals surface area contributed by atoms with Gasteiger partial charge in [0.25, 0.3) is 5.91 Å². The molecule has 1 unspecified atom stereocenters. The van der Waals surface area contributed by atoms with E-state index in [1.165, 1.54) is 6.07 Å². The van der Waals surface area contributed by atoms with E-state index >= 15 is 0 Å². The van der Waals surface area contributed by atoms with Gasteiger partial charge in [0.1, 0.15) is 0 Å². The predicted octanol–water partition coefficient (Wildman–Crippen LogP) is 1.88. The lowest BCUT2D eigenvalue weighted by Crippen LogP contribution is -2.44. The fraction of sp³-hybridized carbons (Fsp3) is 0.400. The van der Waals surface area contributed by atoms with Crippen LogP contribution in [0.1, 0.15) is 28.1 Å². The average Bonchev–Trinajstić information content (AvgIpc) is 3.04. The molecule has 128 valence electrons. The molecule has 7 nitrogen and oxygen atoms in total. The fourth-order valence-electron chi connectivity index (χ4n) is 2.46. The van der Waals surface area contributed by atoms with Gasteiger partial charge in [-0.15, -0.1) is 0 Å². The Morgan fingerprint density at radius 3 is 3.04 bits per heavy atom. The zero-order valence-electron chi connectivity index (χ0n) is 13.1. The standard InChI is InChI=1S/C15H17Cl2N5O2/c1-22-5-4-18-7-12(22)14-20-13(24-21-14)8-19-15(23)9-2-3-10(16)11(17)6-9/h2-3,6,12,18H,4-5,7-8H2,1H3,(H,19,23). The van der Waals surface area contributed by atoms with Crippen molar-refractivity contribution in [1.29, 1.82) is 0 Å². The maximum absolute atomic E-state index is 12.1. The number of nitrogens with one attached hydrogen (secondary N) is 2. The second kappa shape index (κ2) is 7.48. The molecule has 1 aliphatic heterocycles. The van der Waals surface area contributed by atoms with Crippen molar-refractivity contribution in [3.8, 4) is 0 Å². The van der Waals surface area contributed by atoms with Crippen molar-refractivity contribution in [1.82, 2.24) is 25.7 Å². The molecule has 3 rings (SSSR count). The number of amides is 1. The zero-order chi connectivity index (χ0) is 17.1. The lowest BCUT2D eigenvalue weighted by atomic mass is 10.2. The Hall–Kier alpha value is -1.67. The van der Waals surface area contributed by atoms with E-state index < -0.39 is 0 Å². The molecule has 1 saturated heterocycles. The summed E-state index contributed by atoms with van der Waals surface area (Å²) in [6.45, 7) is 2.78. The van der Waals surface area contributed by atoms with E-state index in [0.717, 1.165) is 19.6 Å². The number of nitrogens with zero attached hydrogens (tertiary/aromatic N) is 3. The molecular formula is C15H17Cl2N5O2. The second-order valence-corrected chi connectivity index (χ2v) is 6.37. The minimum atomic E-state index is -0.287. The smallest absolute Gasteiger partial charge is 0.251 e. The van der Waals surface area contributed by atoms with E-state index in [0.29, 0.717) is 27.3 Å². The minimum absolute atomic E-state index is 0.0713. The van der Waals surface area contributed by atoms with Crippen molar-refractivity contribution in [2.45, 2.75) is 12.6 Å². The first kappa shape index (κ1) is 17.2. The molecule has 2 aromatic rings. The molecular weight excluding hydrogens is 353 g/mol. The van der Waals surface area contributed by atoms with Crippen LogP contribution in [-0.2, 0) is 6.54 Å². The van der Waals surface area contributed by atoms with Gasteiger partial charge >= 0.3 is 0 Å². The van der Waals surface area contributed by atoms with Gasteiger partial charge in [0.2, 0.25) is 5.89 Å². The third-order valence-corrected chi connectivity index (χ3v) is 4.61. The third-order valence-electron chi connectivity index (χ3n) is 3.87. The van der Waals surface area contributed by atoms with Crippen molar-refractivity contribution in [3.05, 3.63) is 45.5 Å². The summed E-state index contributed by atoms with van der Waals surface area (Å²) in [6, 6.07) is 4.77. The molecule has 1 fully saturated rings. The third kappa shape index (κ3) is 3.87. The SMILES string of the molecule is CN1CCNCC1c1noc(CNC(=O)c2ccc(Cl)c(Cl)c2)n1. The van der Waals surface area contributed by atoms with E-state index in [2.05, 4.69) is 25.7 Å². The molecule has 1 atom stereocenters. The van der Waals surface area contributed by atoms with Gasteiger partial charge in [-0.1, -0.05) is 28.4 Å². The summed E-state index contributed by atoms with van der Waals surface area (Å²) in [4.78, 5) is 18.6. The topological polar surface area (TPSA) is 83.3 Å². The zero-order valence-corrected chi connectivity index (χ0v) is 14.6. The van der Waals surface area contributed by atoms with Crippen molar-refractivity contribution >= 4 is 29.1 Å². The van der Waals surface area contributed by atoms with Gasteiger partial charge in [-0.05, 0) is 25.2 Å². The highest BCUT2D eigenvalue weighted by molar-refractivity contribution is 6.42. The van der Waals surface area contributed by atoms with Crippen LogP contribution in [0.15, 0.2) is 22.7 Å². The Bertz CT molecular complexity index is 736. The quantitative estimate of drug-likeness (QED) is 0.855. The maximum atomic E-state index is 12.1. The molecule has 1 aliphatic rings. The highest BCUT2D eigenvalue weighted by Crippen LogP contribution is 2.22. The van der Waals surface area contributed by atoms with E-state index in [1.807, 2.05) is 7.05 Å². The molecule has 1 aromatic carbocycles. The van der Waals surface area contributed by atoms with Crippen molar-refractivity contribution < 1.29 is 9.32 Å². The van der Waals surface area contributed by atoms with Crippen LogP contribution in [0.4, 0.5) is 0 Å². The van der Waals surface area contributed by atoms with Crippen LogP contribution < -0.4 is 10.6 Å². The van der Waals surface area contributed by atoms with Gasteiger partial charge in [-0.25, -0.2) is 0 Å². The molecule has 0 radical (unpaired) electrons. The number of carbonyl (C=O) groups excluding carboxylic acids is 1. The molecule has 0 spiro atoms. The second-order valence-electron chi connectivity index (χ2n) is 5.56. The number of aromatic nitrogens is 2. The summed E-state index contributed by atoms with van der Waals surface area (Å²) in [5.41, 5.74) is 0.417. The van der Waals surface area contributed by atoms with Crippen LogP contribution in [0, 0.1) is 0 Å². The first-order valence-corrected chi connectivity index (χ1v) is 8.27. The van der Waals surface area contributed by atoms with Crippen molar-refractivity contribution in [2.24, 2.45) is 0 Å². The van der Waals surface area contributed by atoms with E-state index in [9.17, 15) is 4.79 Å². The van der Waals surface area contributed by atoms with Gasteiger partial charge in [-0.2, -0.15) is 4.98 Å². The Morgan fingerprint density at radius 2 is 2.29 bits per heavy atom. The molecule has 0 bridgehead atoms. The Labute approximate surface area is 149 Å². The number of piperazine rings is 1. The first-order valence-electron chi connectivity index (χ1n) is 7.51. The summed E-state index contributed by atoms with van der Waals surface area (Å²) in [6.07, 6.45) is 0. The molecule has 24 heavy (non-hydrogen) atoms. The molecule has 9 heteroatoms. The number of benzene rings is 1. The Kier molecular flexibility index (Phi) is 5.35. The van der Waals surface area contributed by atoms with Crippen LogP contribution >= 0.6 is 23.2 Å². The number of hydrogen-bond donors (Lipinski definition) is 2. The molecule has 1 aromatic heterocycles. The van der Waals surface area contributed by atoms with Gasteiger partial charge in [0.15, 0.2) is 5.82 Å². The summed E-state index contributed by atoms with van der Waals surface area (Å²) in [5, 5.41) is 10.8. The largest absolute Gasteiger partial charge is 0.343 e. The van der Waals surface area contributed by atoms with Crippen LogP contribution in [0.2, 0.25) is 10.0 Å². The average molecular weight is 370 g/mol. The van der Waals surface area contributed by atoms with Crippen LogP contribution in [-0.4, -0.2) is 47.6 Å². The highest BCUT2D eigenvalue weighted by Gasteiger charge is 2.25. The van der Waals surface area contributed by atoms with Crippen LogP contribution in [0.25, 0.3) is 0 Å². The van der Waals surface area contributed by atoms with Crippen molar-refractivity contribution in [2.75, 3.05) is 26.7 Å². The predicted molar refractivity (Wildman–Crippen MR) is 90.2 cm³/mol. The van der Waals surface area contributed by atoms with Crippen LogP contribution in [0.5, 0.6) is 0 Å². The summed E-state index contributed by atoms with van der Waals surface area (Å²) >= 11 is 11.8. The Balaban J connectivity index is 1.60.